The van der Waals surface area contributed by atoms with Crippen molar-refractivity contribution in [1.82, 2.24) is 0 Å². The predicted molar refractivity (Wildman–Crippen MR) is 100 cm³/mol. The first-order chi connectivity index (χ1) is 11.3. The van der Waals surface area contributed by atoms with Gasteiger partial charge in [0, 0.05) is 25.9 Å². The molecule has 24 heavy (non-hydrogen) atoms. The summed E-state index contributed by atoms with van der Waals surface area (Å²) in [5.74, 6) is -0.385. The molecule has 1 rings (SSSR count). The molecular formula is C17H36O5Si2. The van der Waals surface area contributed by atoms with Crippen molar-refractivity contribution in [2.75, 3.05) is 19.8 Å². The first-order valence-electron chi connectivity index (χ1n) is 9.45. The molecule has 0 aliphatic heterocycles. The van der Waals surface area contributed by atoms with Gasteiger partial charge in [0.1, 0.15) is 0 Å². The van der Waals surface area contributed by atoms with Crippen molar-refractivity contribution in [2.24, 2.45) is 5.92 Å². The maximum Gasteiger partial charge on any atom is 0.501 e. The van der Waals surface area contributed by atoms with Gasteiger partial charge >= 0.3 is 8.80 Å². The third-order valence-corrected chi connectivity index (χ3v) is 11.3. The van der Waals surface area contributed by atoms with Gasteiger partial charge in [0.2, 0.25) is 0 Å². The molecule has 1 atom stereocenters. The van der Waals surface area contributed by atoms with Crippen molar-refractivity contribution < 1.29 is 22.5 Å². The summed E-state index contributed by atoms with van der Waals surface area (Å²) in [5.41, 5.74) is 0.598. The molecule has 0 N–H and O–H groups in total. The van der Waals surface area contributed by atoms with Gasteiger partial charge in [0.15, 0.2) is 0 Å². The van der Waals surface area contributed by atoms with E-state index >= 15 is 0 Å². The fraction of sp³-hybridized carbons (Fsp3) is 0.941. The molecule has 0 aromatic heterocycles. The first-order valence-corrected chi connectivity index (χ1v) is 14.4. The second kappa shape index (κ2) is 10.1. The second-order valence-electron chi connectivity index (χ2n) is 7.09. The van der Waals surface area contributed by atoms with Crippen LogP contribution in [0.15, 0.2) is 0 Å². The summed E-state index contributed by atoms with van der Waals surface area (Å²) in [6.45, 7) is 13.6. The number of hydrogen-bond acceptors (Lipinski definition) is 5. The van der Waals surface area contributed by atoms with Crippen molar-refractivity contribution in [3.8, 4) is 0 Å². The number of carbonyl (C=O) groups excluding carboxylic acids is 1. The lowest BCUT2D eigenvalue weighted by Crippen LogP contribution is -2.49. The lowest BCUT2D eigenvalue weighted by molar-refractivity contribution is -0.139. The van der Waals surface area contributed by atoms with Crippen LogP contribution < -0.4 is 0 Å². The van der Waals surface area contributed by atoms with Gasteiger partial charge in [-0.1, -0.05) is 19.8 Å². The highest BCUT2D eigenvalue weighted by Gasteiger charge is 2.45. The summed E-state index contributed by atoms with van der Waals surface area (Å²) in [6, 6.07) is 0.483. The lowest BCUT2D eigenvalue weighted by atomic mass is 10.2. The minimum Gasteiger partial charge on any atom is -0.519 e. The van der Waals surface area contributed by atoms with Crippen LogP contribution in [-0.4, -0.2) is 42.9 Å². The Hall–Kier alpha value is -0.216. The molecular weight excluding hydrogens is 340 g/mol. The van der Waals surface area contributed by atoms with Crippen LogP contribution in [0.4, 0.5) is 0 Å². The first kappa shape index (κ1) is 21.8. The molecule has 0 aromatic rings. The molecule has 0 radical (unpaired) electrons. The number of hydrogen-bond donors (Lipinski definition) is 0. The second-order valence-corrected chi connectivity index (χ2v) is 14.0. The largest absolute Gasteiger partial charge is 0.519 e. The maximum absolute atomic E-state index is 12.7. The Morgan fingerprint density at radius 3 is 1.88 bits per heavy atom. The van der Waals surface area contributed by atoms with E-state index in [1.54, 1.807) is 0 Å². The molecule has 0 heterocycles. The van der Waals surface area contributed by atoms with Crippen LogP contribution in [0.25, 0.3) is 0 Å². The van der Waals surface area contributed by atoms with Gasteiger partial charge in [-0.15, -0.1) is 0 Å². The van der Waals surface area contributed by atoms with Crippen LogP contribution in [-0.2, 0) is 22.5 Å². The monoisotopic (exact) mass is 376 g/mol. The van der Waals surface area contributed by atoms with Gasteiger partial charge in [-0.25, -0.2) is 0 Å². The van der Waals surface area contributed by atoms with Gasteiger partial charge < -0.3 is 17.7 Å². The molecule has 0 spiro atoms. The fourth-order valence-electron chi connectivity index (χ4n) is 3.48. The third kappa shape index (κ3) is 6.26. The Morgan fingerprint density at radius 2 is 1.46 bits per heavy atom. The zero-order valence-electron chi connectivity index (χ0n) is 16.4. The summed E-state index contributed by atoms with van der Waals surface area (Å²) in [6.07, 6.45) is 4.94. The molecule has 0 aromatic carbocycles. The van der Waals surface area contributed by atoms with Crippen LogP contribution in [0.3, 0.4) is 0 Å². The van der Waals surface area contributed by atoms with E-state index in [0.717, 1.165) is 0 Å². The van der Waals surface area contributed by atoms with Crippen molar-refractivity contribution in [3.63, 3.8) is 0 Å². The van der Waals surface area contributed by atoms with E-state index in [0.29, 0.717) is 31.4 Å². The van der Waals surface area contributed by atoms with Gasteiger partial charge in [-0.05, 0) is 52.2 Å². The topological polar surface area (TPSA) is 54.0 Å². The molecule has 5 nitrogen and oxygen atoms in total. The minimum atomic E-state index is -2.81. The summed E-state index contributed by atoms with van der Waals surface area (Å²) >= 11 is 0. The average Bonchev–Trinajstić information content (AvgIpc) is 3.02. The highest BCUT2D eigenvalue weighted by Crippen LogP contribution is 2.39. The molecule has 0 amide bonds. The Bertz CT molecular complexity index is 366. The predicted octanol–water partition coefficient (Wildman–Crippen LogP) is 4.36. The van der Waals surface area contributed by atoms with E-state index in [1.807, 2.05) is 27.7 Å². The number of rotatable bonds is 11. The normalized spacial score (nSPS) is 17.9. The summed E-state index contributed by atoms with van der Waals surface area (Å²) in [5, 5.41) is 0. The molecule has 1 unspecified atom stereocenters. The molecule has 1 aliphatic rings. The average molecular weight is 377 g/mol. The van der Waals surface area contributed by atoms with E-state index in [4.69, 9.17) is 17.7 Å². The standard InChI is InChI=1S/C17H36O5Si2/c1-7-19-24(20-8-2,21-9-3)14-15(4)17(18)22-23(5,6)16-12-10-11-13-16/h15-16H,7-14H2,1-6H3. The van der Waals surface area contributed by atoms with Crippen molar-refractivity contribution in [3.05, 3.63) is 0 Å². The lowest BCUT2D eigenvalue weighted by Gasteiger charge is -2.33. The maximum atomic E-state index is 12.7. The molecule has 7 heteroatoms. The highest BCUT2D eigenvalue weighted by atomic mass is 28.4. The Balaban J connectivity index is 2.70. The zero-order chi connectivity index (χ0) is 18.2. The van der Waals surface area contributed by atoms with Gasteiger partial charge in [-0.2, -0.15) is 0 Å². The smallest absolute Gasteiger partial charge is 0.501 e. The summed E-state index contributed by atoms with van der Waals surface area (Å²) < 4.78 is 23.6. The van der Waals surface area contributed by atoms with Gasteiger partial charge in [-0.3, -0.25) is 4.79 Å². The minimum absolute atomic E-state index is 0.116. The summed E-state index contributed by atoms with van der Waals surface area (Å²) in [4.78, 5) is 12.7. The summed E-state index contributed by atoms with van der Waals surface area (Å²) in [7, 11) is -4.80. The number of carbonyl (C=O) groups is 1. The van der Waals surface area contributed by atoms with Crippen LogP contribution in [0.1, 0.15) is 53.4 Å². The van der Waals surface area contributed by atoms with Crippen LogP contribution in [0, 0.1) is 5.92 Å². The highest BCUT2D eigenvalue weighted by molar-refractivity contribution is 6.74. The van der Waals surface area contributed by atoms with Crippen molar-refractivity contribution in [1.29, 1.82) is 0 Å². The van der Waals surface area contributed by atoms with Crippen LogP contribution in [0.2, 0.25) is 24.7 Å². The molecule has 0 bridgehead atoms. The Labute approximate surface area is 149 Å². The molecule has 0 saturated heterocycles. The molecule has 142 valence electrons. The third-order valence-electron chi connectivity index (χ3n) is 4.75. The Morgan fingerprint density at radius 1 is 1.00 bits per heavy atom. The van der Waals surface area contributed by atoms with Gasteiger partial charge in [0.25, 0.3) is 14.3 Å². The molecule has 1 fully saturated rings. The zero-order valence-corrected chi connectivity index (χ0v) is 18.4. The van der Waals surface area contributed by atoms with E-state index in [9.17, 15) is 4.79 Å². The van der Waals surface area contributed by atoms with E-state index in [-0.39, 0.29) is 11.9 Å². The van der Waals surface area contributed by atoms with Crippen LogP contribution >= 0.6 is 0 Å². The van der Waals surface area contributed by atoms with Crippen molar-refractivity contribution >= 4 is 23.1 Å². The van der Waals surface area contributed by atoms with Crippen LogP contribution in [0.5, 0.6) is 0 Å². The quantitative estimate of drug-likeness (QED) is 0.501. The van der Waals surface area contributed by atoms with Crippen molar-refractivity contribution in [2.45, 2.75) is 78.1 Å². The van der Waals surface area contributed by atoms with Gasteiger partial charge in [0.05, 0.1) is 5.92 Å². The SMILES string of the molecule is CCO[Si](CC(C)C(=O)O[Si](C)(C)C1CCCC1)(OCC)OCC. The fourth-order valence-corrected chi connectivity index (χ4v) is 9.01. The Kier molecular flexibility index (Phi) is 9.15. The van der Waals surface area contributed by atoms with E-state index in [2.05, 4.69) is 13.1 Å². The van der Waals surface area contributed by atoms with E-state index in [1.165, 1.54) is 25.7 Å². The molecule has 1 aliphatic carbocycles. The van der Waals surface area contributed by atoms with E-state index < -0.39 is 17.1 Å². The molecule has 1 saturated carbocycles.